The van der Waals surface area contributed by atoms with E-state index in [9.17, 15) is 9.90 Å². The molecule has 3 nitrogen and oxygen atoms in total. The molecule has 0 N–H and O–H groups in total. The van der Waals surface area contributed by atoms with Gasteiger partial charge in [-0.25, -0.2) is 0 Å². The summed E-state index contributed by atoms with van der Waals surface area (Å²) in [5.41, 5.74) is 3.94. The first kappa shape index (κ1) is 13.0. The van der Waals surface area contributed by atoms with Crippen molar-refractivity contribution in [2.45, 2.75) is 13.3 Å². The molecule has 0 radical (unpaired) electrons. The van der Waals surface area contributed by atoms with Crippen LogP contribution in [0.15, 0.2) is 48.7 Å². The number of aliphatic carboxylic acids is 1. The number of carbonyl (C=O) groups excluding carboxylic acids is 1. The summed E-state index contributed by atoms with van der Waals surface area (Å²) in [7, 11) is 0. The van der Waals surface area contributed by atoms with Crippen molar-refractivity contribution < 1.29 is 9.90 Å². The molecule has 0 bridgehead atoms. The van der Waals surface area contributed by atoms with Gasteiger partial charge in [0.2, 0.25) is 0 Å². The molecule has 2 rings (SSSR count). The van der Waals surface area contributed by atoms with Crippen LogP contribution in [0.4, 0.5) is 0 Å². The molecule has 0 unspecified atom stereocenters. The number of hydrogen-bond acceptors (Lipinski definition) is 3. The summed E-state index contributed by atoms with van der Waals surface area (Å²) in [6.45, 7) is 2.09. The number of carboxylic acids is 1. The van der Waals surface area contributed by atoms with Crippen molar-refractivity contribution >= 4 is 12.0 Å². The number of carboxylic acid groups (broad SMARTS) is 1. The molecule has 0 aliphatic carbocycles. The topological polar surface area (TPSA) is 53.0 Å². The molecular weight excluding hydrogens is 238 g/mol. The lowest BCUT2D eigenvalue weighted by molar-refractivity contribution is -0.297. The minimum atomic E-state index is -1.19. The van der Waals surface area contributed by atoms with Gasteiger partial charge in [0.05, 0.1) is 11.7 Å². The Balaban J connectivity index is 2.19. The van der Waals surface area contributed by atoms with Gasteiger partial charge in [-0.2, -0.15) is 0 Å². The predicted molar refractivity (Wildman–Crippen MR) is 73.1 cm³/mol. The van der Waals surface area contributed by atoms with Gasteiger partial charge in [-0.05, 0) is 29.7 Å². The Morgan fingerprint density at radius 3 is 2.47 bits per heavy atom. The van der Waals surface area contributed by atoms with E-state index in [1.54, 1.807) is 0 Å². The first-order valence-electron chi connectivity index (χ1n) is 6.13. The van der Waals surface area contributed by atoms with Crippen LogP contribution in [0.3, 0.4) is 0 Å². The molecule has 0 saturated carbocycles. The lowest BCUT2D eigenvalue weighted by Gasteiger charge is -2.03. The number of pyridine rings is 1. The third-order valence-corrected chi connectivity index (χ3v) is 2.85. The number of benzene rings is 1. The van der Waals surface area contributed by atoms with E-state index in [2.05, 4.69) is 18.0 Å². The number of rotatable bonds is 4. The summed E-state index contributed by atoms with van der Waals surface area (Å²) in [5, 5.41) is 10.3. The zero-order chi connectivity index (χ0) is 13.7. The standard InChI is InChI=1S/C16H15NO2/c1-2-12-5-9-15(17-11-12)14-7-3-13(4-8-14)6-10-16(18)19/h3-11H,2H2,1H3,(H,18,19)/p-1/b10-6+. The van der Waals surface area contributed by atoms with Crippen molar-refractivity contribution in [3.8, 4) is 11.3 Å². The largest absolute Gasteiger partial charge is 0.545 e. The molecule has 1 heterocycles. The maximum absolute atomic E-state index is 10.3. The quantitative estimate of drug-likeness (QED) is 0.783. The van der Waals surface area contributed by atoms with Crippen LogP contribution in [0.1, 0.15) is 18.1 Å². The Hall–Kier alpha value is -2.42. The van der Waals surface area contributed by atoms with Crippen molar-refractivity contribution in [1.82, 2.24) is 4.98 Å². The van der Waals surface area contributed by atoms with E-state index < -0.39 is 5.97 Å². The molecule has 19 heavy (non-hydrogen) atoms. The second kappa shape index (κ2) is 5.96. The molecule has 0 atom stereocenters. The third kappa shape index (κ3) is 3.52. The first-order chi connectivity index (χ1) is 9.19. The fraction of sp³-hybridized carbons (Fsp3) is 0.125. The second-order valence-electron chi connectivity index (χ2n) is 4.18. The lowest BCUT2D eigenvalue weighted by atomic mass is 10.1. The zero-order valence-corrected chi connectivity index (χ0v) is 10.7. The van der Waals surface area contributed by atoms with E-state index in [4.69, 9.17) is 0 Å². The summed E-state index contributed by atoms with van der Waals surface area (Å²) in [6.07, 6.45) is 5.37. The Labute approximate surface area is 112 Å². The highest BCUT2D eigenvalue weighted by Crippen LogP contribution is 2.18. The van der Waals surface area contributed by atoms with E-state index in [0.717, 1.165) is 29.3 Å². The van der Waals surface area contributed by atoms with Crippen LogP contribution in [-0.4, -0.2) is 11.0 Å². The van der Waals surface area contributed by atoms with E-state index in [-0.39, 0.29) is 0 Å². The molecular formula is C16H14NO2-. The summed E-state index contributed by atoms with van der Waals surface area (Å²) in [5.74, 6) is -1.19. The fourth-order valence-electron chi connectivity index (χ4n) is 1.73. The lowest BCUT2D eigenvalue weighted by Crippen LogP contribution is -2.18. The molecule has 1 aromatic carbocycles. The van der Waals surface area contributed by atoms with Gasteiger partial charge < -0.3 is 9.90 Å². The fourth-order valence-corrected chi connectivity index (χ4v) is 1.73. The van der Waals surface area contributed by atoms with Crippen LogP contribution in [0.2, 0.25) is 0 Å². The summed E-state index contributed by atoms with van der Waals surface area (Å²) >= 11 is 0. The van der Waals surface area contributed by atoms with Crippen molar-refractivity contribution in [3.63, 3.8) is 0 Å². The SMILES string of the molecule is CCc1ccc(-c2ccc(/C=C/C(=O)[O-])cc2)nc1. The average molecular weight is 252 g/mol. The number of nitrogens with zero attached hydrogens (tertiary/aromatic N) is 1. The number of hydrogen-bond donors (Lipinski definition) is 0. The second-order valence-corrected chi connectivity index (χ2v) is 4.18. The highest BCUT2D eigenvalue weighted by atomic mass is 16.4. The minimum absolute atomic E-state index is 0.818. The van der Waals surface area contributed by atoms with Crippen LogP contribution in [0.25, 0.3) is 17.3 Å². The maximum atomic E-state index is 10.3. The number of aromatic nitrogens is 1. The molecule has 0 amide bonds. The highest BCUT2D eigenvalue weighted by Gasteiger charge is 1.98. The van der Waals surface area contributed by atoms with Gasteiger partial charge in [-0.3, -0.25) is 4.98 Å². The smallest absolute Gasteiger partial charge is 0.0702 e. The molecule has 0 aliphatic rings. The zero-order valence-electron chi connectivity index (χ0n) is 10.7. The van der Waals surface area contributed by atoms with Gasteiger partial charge in [0.25, 0.3) is 0 Å². The Morgan fingerprint density at radius 1 is 1.21 bits per heavy atom. The van der Waals surface area contributed by atoms with Crippen LogP contribution < -0.4 is 5.11 Å². The molecule has 0 spiro atoms. The molecule has 2 aromatic rings. The van der Waals surface area contributed by atoms with E-state index in [1.165, 1.54) is 11.6 Å². The summed E-state index contributed by atoms with van der Waals surface area (Å²) < 4.78 is 0. The summed E-state index contributed by atoms with van der Waals surface area (Å²) in [6, 6.07) is 11.6. The van der Waals surface area contributed by atoms with Crippen LogP contribution in [0.5, 0.6) is 0 Å². The van der Waals surface area contributed by atoms with Gasteiger partial charge in [0.15, 0.2) is 0 Å². The molecule has 0 fully saturated rings. The predicted octanol–water partition coefficient (Wildman–Crippen LogP) is 2.07. The van der Waals surface area contributed by atoms with Gasteiger partial charge >= 0.3 is 0 Å². The maximum Gasteiger partial charge on any atom is 0.0702 e. The van der Waals surface area contributed by atoms with Crippen LogP contribution in [-0.2, 0) is 11.2 Å². The molecule has 1 aromatic heterocycles. The van der Waals surface area contributed by atoms with Crippen molar-refractivity contribution in [3.05, 3.63) is 59.8 Å². The van der Waals surface area contributed by atoms with Gasteiger partial charge in [0, 0.05) is 11.8 Å². The van der Waals surface area contributed by atoms with Crippen LogP contribution in [0, 0.1) is 0 Å². The Bertz CT molecular complexity index is 583. The van der Waals surface area contributed by atoms with Gasteiger partial charge in [0.1, 0.15) is 0 Å². The van der Waals surface area contributed by atoms with Gasteiger partial charge in [-0.1, -0.05) is 43.3 Å². The Kier molecular flexibility index (Phi) is 4.08. The molecule has 0 aliphatic heterocycles. The van der Waals surface area contributed by atoms with Gasteiger partial charge in [-0.15, -0.1) is 0 Å². The Morgan fingerprint density at radius 2 is 1.95 bits per heavy atom. The van der Waals surface area contributed by atoms with Crippen molar-refractivity contribution in [1.29, 1.82) is 0 Å². The first-order valence-corrected chi connectivity index (χ1v) is 6.13. The van der Waals surface area contributed by atoms with Crippen LogP contribution >= 0.6 is 0 Å². The van der Waals surface area contributed by atoms with E-state index in [1.807, 2.05) is 36.5 Å². The molecule has 0 saturated heterocycles. The van der Waals surface area contributed by atoms with Crippen molar-refractivity contribution in [2.75, 3.05) is 0 Å². The molecule has 3 heteroatoms. The molecule has 96 valence electrons. The van der Waals surface area contributed by atoms with E-state index >= 15 is 0 Å². The van der Waals surface area contributed by atoms with Crippen molar-refractivity contribution in [2.24, 2.45) is 0 Å². The minimum Gasteiger partial charge on any atom is -0.545 e. The van der Waals surface area contributed by atoms with E-state index in [0.29, 0.717) is 0 Å². The normalized spacial score (nSPS) is 10.8. The number of carbonyl (C=O) groups is 1. The number of aryl methyl sites for hydroxylation is 1. The highest BCUT2D eigenvalue weighted by molar-refractivity contribution is 5.83. The monoisotopic (exact) mass is 252 g/mol. The summed E-state index contributed by atoms with van der Waals surface area (Å²) in [4.78, 5) is 14.7. The average Bonchev–Trinajstić information content (AvgIpc) is 2.46. The third-order valence-electron chi connectivity index (χ3n) is 2.85.